The highest BCUT2D eigenvalue weighted by atomic mass is 16.5. The summed E-state index contributed by atoms with van der Waals surface area (Å²) < 4.78 is 5.97. The Morgan fingerprint density at radius 3 is 2.96 bits per heavy atom. The topological polar surface area (TPSA) is 101 Å². The number of para-hydroxylation sites is 1. The van der Waals surface area contributed by atoms with E-state index in [-0.39, 0.29) is 12.1 Å². The van der Waals surface area contributed by atoms with Crippen LogP contribution in [0.15, 0.2) is 30.6 Å². The predicted molar refractivity (Wildman–Crippen MR) is 95.0 cm³/mol. The summed E-state index contributed by atoms with van der Waals surface area (Å²) >= 11 is 0. The van der Waals surface area contributed by atoms with Gasteiger partial charge >= 0.3 is 0 Å². The van der Waals surface area contributed by atoms with Crippen LogP contribution in [0.5, 0.6) is 5.88 Å². The monoisotopic (exact) mass is 333 g/mol. The van der Waals surface area contributed by atoms with Crippen molar-refractivity contribution in [3.63, 3.8) is 0 Å². The minimum atomic E-state index is 0.125. The Bertz CT molecular complexity index is 972. The number of ether oxygens (including phenoxy) is 1. The van der Waals surface area contributed by atoms with Gasteiger partial charge in [0.25, 0.3) is 0 Å². The van der Waals surface area contributed by atoms with Crippen LogP contribution in [-0.4, -0.2) is 27.1 Å². The maximum absolute atomic E-state index is 9.23. The molecule has 0 bridgehead atoms. The van der Waals surface area contributed by atoms with Gasteiger partial charge in [0, 0.05) is 23.2 Å². The van der Waals surface area contributed by atoms with Gasteiger partial charge in [-0.15, -0.1) is 0 Å². The van der Waals surface area contributed by atoms with E-state index < -0.39 is 0 Å². The standard InChI is InChI=1S/C19H19N5O/c1-11-19(25-14-6-5-13(21)7-14)23-10-17(24-11)16-9-22-18-12(8-20)3-2-4-15(16)18/h2-4,9-10,13-14,22H,5-7,21H2,1H3/t13?,14-/m0/s1. The van der Waals surface area contributed by atoms with Crippen LogP contribution >= 0.6 is 0 Å². The number of nitriles is 1. The van der Waals surface area contributed by atoms with Crippen LogP contribution in [0.3, 0.4) is 0 Å². The number of benzene rings is 1. The van der Waals surface area contributed by atoms with Crippen molar-refractivity contribution < 1.29 is 4.74 Å². The maximum Gasteiger partial charge on any atom is 0.235 e. The highest BCUT2D eigenvalue weighted by Crippen LogP contribution is 2.30. The van der Waals surface area contributed by atoms with E-state index in [1.54, 1.807) is 12.3 Å². The first kappa shape index (κ1) is 15.6. The number of rotatable bonds is 3. The minimum Gasteiger partial charge on any atom is -0.473 e. The van der Waals surface area contributed by atoms with E-state index in [1.807, 2.05) is 25.3 Å². The third kappa shape index (κ3) is 2.83. The van der Waals surface area contributed by atoms with Crippen molar-refractivity contribution in [2.45, 2.75) is 38.3 Å². The number of nitrogens with two attached hydrogens (primary N) is 1. The summed E-state index contributed by atoms with van der Waals surface area (Å²) in [4.78, 5) is 12.3. The van der Waals surface area contributed by atoms with Crippen molar-refractivity contribution in [2.75, 3.05) is 0 Å². The molecule has 3 aromatic rings. The molecule has 126 valence electrons. The molecule has 25 heavy (non-hydrogen) atoms. The number of aromatic nitrogens is 3. The van der Waals surface area contributed by atoms with Gasteiger partial charge in [-0.05, 0) is 32.3 Å². The normalized spacial score (nSPS) is 19.9. The molecule has 0 saturated heterocycles. The molecule has 1 aliphatic rings. The van der Waals surface area contributed by atoms with Crippen LogP contribution in [0.4, 0.5) is 0 Å². The zero-order valence-corrected chi connectivity index (χ0v) is 14.0. The molecule has 1 aliphatic carbocycles. The maximum atomic E-state index is 9.23. The van der Waals surface area contributed by atoms with E-state index >= 15 is 0 Å². The van der Waals surface area contributed by atoms with Gasteiger partial charge in [0.05, 0.1) is 23.0 Å². The summed E-state index contributed by atoms with van der Waals surface area (Å²) in [5, 5.41) is 10.2. The zero-order chi connectivity index (χ0) is 17.4. The zero-order valence-electron chi connectivity index (χ0n) is 14.0. The fourth-order valence-electron chi connectivity index (χ4n) is 3.41. The number of hydrogen-bond donors (Lipinski definition) is 2. The van der Waals surface area contributed by atoms with Crippen molar-refractivity contribution in [3.8, 4) is 23.2 Å². The molecule has 2 heterocycles. The van der Waals surface area contributed by atoms with Gasteiger partial charge in [0.15, 0.2) is 0 Å². The molecule has 3 N–H and O–H groups in total. The molecular weight excluding hydrogens is 314 g/mol. The molecule has 0 spiro atoms. The van der Waals surface area contributed by atoms with Gasteiger partial charge in [-0.1, -0.05) is 12.1 Å². The Labute approximate surface area is 145 Å². The third-order valence-electron chi connectivity index (χ3n) is 4.72. The molecule has 0 aliphatic heterocycles. The average molecular weight is 333 g/mol. The van der Waals surface area contributed by atoms with Gasteiger partial charge in [-0.25, -0.2) is 9.97 Å². The summed E-state index contributed by atoms with van der Waals surface area (Å²) in [5.74, 6) is 0.570. The Morgan fingerprint density at radius 1 is 1.36 bits per heavy atom. The lowest BCUT2D eigenvalue weighted by molar-refractivity contribution is 0.197. The van der Waals surface area contributed by atoms with E-state index in [2.05, 4.69) is 21.0 Å². The van der Waals surface area contributed by atoms with Crippen LogP contribution in [0, 0.1) is 18.3 Å². The van der Waals surface area contributed by atoms with Crippen molar-refractivity contribution in [3.05, 3.63) is 41.9 Å². The number of H-pyrrole nitrogens is 1. The average Bonchev–Trinajstić information content (AvgIpc) is 3.22. The van der Waals surface area contributed by atoms with Crippen LogP contribution in [-0.2, 0) is 0 Å². The van der Waals surface area contributed by atoms with E-state index in [1.165, 1.54) is 0 Å². The predicted octanol–water partition coefficient (Wildman–Crippen LogP) is 3.06. The van der Waals surface area contributed by atoms with Crippen molar-refractivity contribution in [1.29, 1.82) is 5.26 Å². The van der Waals surface area contributed by atoms with Gasteiger partial charge in [0.1, 0.15) is 17.9 Å². The number of fused-ring (bicyclic) bond motifs is 1. The summed E-state index contributed by atoms with van der Waals surface area (Å²) in [7, 11) is 0. The van der Waals surface area contributed by atoms with Crippen molar-refractivity contribution in [2.24, 2.45) is 5.73 Å². The Kier molecular flexibility index (Phi) is 3.86. The van der Waals surface area contributed by atoms with Crippen LogP contribution in [0.1, 0.15) is 30.5 Å². The molecule has 6 nitrogen and oxygen atoms in total. The number of nitrogens with one attached hydrogen (secondary N) is 1. The summed E-state index contributed by atoms with van der Waals surface area (Å²) in [5.41, 5.74) is 9.82. The quantitative estimate of drug-likeness (QED) is 0.767. The first-order chi connectivity index (χ1) is 12.2. The van der Waals surface area contributed by atoms with Gasteiger partial charge in [0.2, 0.25) is 5.88 Å². The second-order valence-corrected chi connectivity index (χ2v) is 6.50. The Morgan fingerprint density at radius 2 is 2.24 bits per heavy atom. The molecule has 6 heteroatoms. The van der Waals surface area contributed by atoms with Gasteiger partial charge < -0.3 is 15.5 Å². The van der Waals surface area contributed by atoms with E-state index in [0.717, 1.165) is 47.1 Å². The van der Waals surface area contributed by atoms with Crippen molar-refractivity contribution in [1.82, 2.24) is 15.0 Å². The van der Waals surface area contributed by atoms with Gasteiger partial charge in [-0.2, -0.15) is 5.26 Å². The van der Waals surface area contributed by atoms with Gasteiger partial charge in [-0.3, -0.25) is 0 Å². The molecule has 2 aromatic heterocycles. The number of nitrogens with zero attached hydrogens (tertiary/aromatic N) is 3. The molecule has 0 radical (unpaired) electrons. The molecular formula is C19H19N5O. The highest BCUT2D eigenvalue weighted by Gasteiger charge is 2.24. The number of hydrogen-bond acceptors (Lipinski definition) is 5. The van der Waals surface area contributed by atoms with E-state index in [4.69, 9.17) is 10.5 Å². The van der Waals surface area contributed by atoms with E-state index in [0.29, 0.717) is 11.4 Å². The lowest BCUT2D eigenvalue weighted by Gasteiger charge is -2.14. The second-order valence-electron chi connectivity index (χ2n) is 6.50. The molecule has 1 aromatic carbocycles. The Hall–Kier alpha value is -2.91. The largest absolute Gasteiger partial charge is 0.473 e. The lowest BCUT2D eigenvalue weighted by Crippen LogP contribution is -2.19. The molecule has 1 fully saturated rings. The second kappa shape index (κ2) is 6.19. The molecule has 1 unspecified atom stereocenters. The summed E-state index contributed by atoms with van der Waals surface area (Å²) in [6.07, 6.45) is 6.53. The number of aromatic amines is 1. The molecule has 4 rings (SSSR count). The molecule has 0 amide bonds. The first-order valence-corrected chi connectivity index (χ1v) is 8.42. The van der Waals surface area contributed by atoms with E-state index in [9.17, 15) is 5.26 Å². The van der Waals surface area contributed by atoms with Crippen LogP contribution in [0.25, 0.3) is 22.2 Å². The molecule has 2 atom stereocenters. The fourth-order valence-corrected chi connectivity index (χ4v) is 3.41. The Balaban J connectivity index is 1.66. The van der Waals surface area contributed by atoms with Crippen LogP contribution < -0.4 is 10.5 Å². The number of aryl methyl sites for hydroxylation is 1. The fraction of sp³-hybridized carbons (Fsp3) is 0.316. The summed E-state index contributed by atoms with van der Waals surface area (Å²) in [6, 6.07) is 8.07. The highest BCUT2D eigenvalue weighted by molar-refractivity contribution is 5.97. The van der Waals surface area contributed by atoms with Crippen LogP contribution in [0.2, 0.25) is 0 Å². The molecule has 1 saturated carbocycles. The lowest BCUT2D eigenvalue weighted by atomic mass is 10.1. The first-order valence-electron chi connectivity index (χ1n) is 8.42. The smallest absolute Gasteiger partial charge is 0.235 e. The van der Waals surface area contributed by atoms with Crippen molar-refractivity contribution >= 4 is 10.9 Å². The summed E-state index contributed by atoms with van der Waals surface area (Å²) in [6.45, 7) is 1.90. The third-order valence-corrected chi connectivity index (χ3v) is 4.72. The minimum absolute atomic E-state index is 0.125. The SMILES string of the molecule is Cc1nc(-c2c[nH]c3c(C#N)cccc23)cnc1O[C@H]1CCC(N)C1.